The maximum atomic E-state index is 13.5. The molecule has 1 aliphatic heterocycles. The lowest BCUT2D eigenvalue weighted by Gasteiger charge is -2.28. The van der Waals surface area contributed by atoms with Crippen LogP contribution in [-0.4, -0.2) is 48.3 Å². The summed E-state index contributed by atoms with van der Waals surface area (Å²) in [4.78, 5) is 19.9. The molecule has 1 saturated heterocycles. The van der Waals surface area contributed by atoms with Crippen LogP contribution < -0.4 is 0 Å². The Bertz CT molecular complexity index is 1110. The first kappa shape index (κ1) is 18.7. The monoisotopic (exact) mass is 398 g/mol. The topological polar surface area (TPSA) is 80.5 Å². The zero-order chi connectivity index (χ0) is 19.7. The minimum absolute atomic E-state index is 0.0345. The lowest BCUT2D eigenvalue weighted by Crippen LogP contribution is -2.41. The second-order valence-corrected chi connectivity index (χ2v) is 9.33. The van der Waals surface area contributed by atoms with Crippen LogP contribution in [0.1, 0.15) is 30.1 Å². The van der Waals surface area contributed by atoms with Gasteiger partial charge in [-0.3, -0.25) is 4.79 Å². The predicted molar refractivity (Wildman–Crippen MR) is 108 cm³/mol. The molecule has 7 heteroatoms. The van der Waals surface area contributed by atoms with Crippen molar-refractivity contribution in [2.75, 3.05) is 18.1 Å². The summed E-state index contributed by atoms with van der Waals surface area (Å²) in [5.74, 6) is 0.604. The number of hydrogen-bond acceptors (Lipinski definition) is 5. The van der Waals surface area contributed by atoms with Crippen molar-refractivity contribution in [3.63, 3.8) is 0 Å². The average Bonchev–Trinajstić information content (AvgIpc) is 3.34. The number of hydrogen-bond donors (Lipinski definition) is 0. The van der Waals surface area contributed by atoms with Crippen LogP contribution in [-0.2, 0) is 9.84 Å². The fourth-order valence-corrected chi connectivity index (χ4v) is 5.50. The highest BCUT2D eigenvalue weighted by Crippen LogP contribution is 2.28. The molecule has 3 heterocycles. The van der Waals surface area contributed by atoms with E-state index in [1.807, 2.05) is 31.2 Å². The summed E-state index contributed by atoms with van der Waals surface area (Å²) in [6.45, 7) is 2.51. The van der Waals surface area contributed by atoms with E-state index in [1.54, 1.807) is 29.4 Å². The number of nitrogens with zero attached hydrogens (tertiary/aromatic N) is 2. The standard InChI is InChI=1S/C21H22N2O4S/c1-2-10-23(15-9-12-28(25,26)14-15)21(24)17-13-19(20-8-5-11-27-20)22-18-7-4-3-6-16(17)18/h3-8,11,13,15H,2,9-10,12,14H2,1H3. The summed E-state index contributed by atoms with van der Waals surface area (Å²) >= 11 is 0. The van der Waals surface area contributed by atoms with Crippen LogP contribution in [0.5, 0.6) is 0 Å². The number of sulfone groups is 1. The van der Waals surface area contributed by atoms with E-state index in [1.165, 1.54) is 0 Å². The summed E-state index contributed by atoms with van der Waals surface area (Å²) in [6, 6.07) is 12.5. The van der Waals surface area contributed by atoms with E-state index in [2.05, 4.69) is 4.98 Å². The van der Waals surface area contributed by atoms with E-state index >= 15 is 0 Å². The first-order chi connectivity index (χ1) is 13.5. The number of para-hydroxylation sites is 1. The van der Waals surface area contributed by atoms with E-state index in [-0.39, 0.29) is 23.5 Å². The molecule has 1 unspecified atom stereocenters. The number of benzene rings is 1. The van der Waals surface area contributed by atoms with Crippen LogP contribution in [0.2, 0.25) is 0 Å². The van der Waals surface area contributed by atoms with Crippen LogP contribution >= 0.6 is 0 Å². The summed E-state index contributed by atoms with van der Waals surface area (Å²) in [7, 11) is -3.08. The summed E-state index contributed by atoms with van der Waals surface area (Å²) in [5.41, 5.74) is 1.81. The number of carbonyl (C=O) groups excluding carboxylic acids is 1. The largest absolute Gasteiger partial charge is 0.463 e. The van der Waals surface area contributed by atoms with Crippen molar-refractivity contribution in [3.05, 3.63) is 54.3 Å². The van der Waals surface area contributed by atoms with Gasteiger partial charge in [-0.15, -0.1) is 0 Å². The van der Waals surface area contributed by atoms with Gasteiger partial charge in [0.15, 0.2) is 15.6 Å². The van der Waals surface area contributed by atoms with Gasteiger partial charge in [-0.2, -0.15) is 0 Å². The first-order valence-electron chi connectivity index (χ1n) is 9.43. The third-order valence-electron chi connectivity index (χ3n) is 5.09. The van der Waals surface area contributed by atoms with Crippen molar-refractivity contribution < 1.29 is 17.6 Å². The van der Waals surface area contributed by atoms with E-state index in [4.69, 9.17) is 4.42 Å². The van der Waals surface area contributed by atoms with Gasteiger partial charge in [0.25, 0.3) is 5.91 Å². The van der Waals surface area contributed by atoms with Gasteiger partial charge >= 0.3 is 0 Å². The van der Waals surface area contributed by atoms with Gasteiger partial charge in [-0.1, -0.05) is 25.1 Å². The molecule has 2 aromatic heterocycles. The van der Waals surface area contributed by atoms with Gasteiger partial charge in [0.1, 0.15) is 5.69 Å². The van der Waals surface area contributed by atoms with E-state index < -0.39 is 9.84 Å². The molecule has 6 nitrogen and oxygen atoms in total. The molecule has 1 amide bonds. The zero-order valence-electron chi connectivity index (χ0n) is 15.7. The Morgan fingerprint density at radius 3 is 2.75 bits per heavy atom. The lowest BCUT2D eigenvalue weighted by molar-refractivity contribution is 0.0699. The molecule has 1 aromatic carbocycles. The normalized spacial score (nSPS) is 18.4. The molecular formula is C21H22N2O4S. The summed E-state index contributed by atoms with van der Waals surface area (Å²) < 4.78 is 29.4. The van der Waals surface area contributed by atoms with Gasteiger partial charge in [0, 0.05) is 18.0 Å². The highest BCUT2D eigenvalue weighted by Gasteiger charge is 2.35. The van der Waals surface area contributed by atoms with Crippen molar-refractivity contribution in [1.29, 1.82) is 0 Å². The van der Waals surface area contributed by atoms with Crippen LogP contribution in [0.4, 0.5) is 0 Å². The minimum Gasteiger partial charge on any atom is -0.463 e. The minimum atomic E-state index is -3.08. The number of fused-ring (bicyclic) bond motifs is 1. The number of rotatable bonds is 5. The van der Waals surface area contributed by atoms with Crippen molar-refractivity contribution in [2.45, 2.75) is 25.8 Å². The maximum Gasteiger partial charge on any atom is 0.254 e. The number of pyridine rings is 1. The van der Waals surface area contributed by atoms with Crippen molar-refractivity contribution in [2.24, 2.45) is 0 Å². The second kappa shape index (κ2) is 7.39. The van der Waals surface area contributed by atoms with Crippen molar-refractivity contribution in [1.82, 2.24) is 9.88 Å². The zero-order valence-corrected chi connectivity index (χ0v) is 16.5. The van der Waals surface area contributed by atoms with Crippen molar-refractivity contribution >= 4 is 26.6 Å². The van der Waals surface area contributed by atoms with E-state index in [0.29, 0.717) is 35.5 Å². The van der Waals surface area contributed by atoms with Crippen molar-refractivity contribution in [3.8, 4) is 11.5 Å². The molecule has 1 aliphatic rings. The Morgan fingerprint density at radius 2 is 2.07 bits per heavy atom. The molecule has 0 radical (unpaired) electrons. The van der Waals surface area contributed by atoms with Gasteiger partial charge in [0.05, 0.1) is 28.8 Å². The third kappa shape index (κ3) is 3.54. The molecule has 1 fully saturated rings. The molecule has 0 saturated carbocycles. The lowest BCUT2D eigenvalue weighted by atomic mass is 10.0. The van der Waals surface area contributed by atoms with Gasteiger partial charge in [-0.05, 0) is 37.1 Å². The van der Waals surface area contributed by atoms with Crippen LogP contribution in [0.25, 0.3) is 22.4 Å². The number of aromatic nitrogens is 1. The Labute approximate surface area is 164 Å². The highest BCUT2D eigenvalue weighted by molar-refractivity contribution is 7.91. The fourth-order valence-electron chi connectivity index (χ4n) is 3.77. The first-order valence-corrected chi connectivity index (χ1v) is 11.3. The van der Waals surface area contributed by atoms with Gasteiger partial charge in [0.2, 0.25) is 0 Å². The average molecular weight is 398 g/mol. The van der Waals surface area contributed by atoms with E-state index in [0.717, 1.165) is 11.8 Å². The maximum absolute atomic E-state index is 13.5. The highest BCUT2D eigenvalue weighted by atomic mass is 32.2. The molecule has 0 N–H and O–H groups in total. The summed E-state index contributed by atoms with van der Waals surface area (Å²) in [5, 5.41) is 0.754. The Kier molecular flexibility index (Phi) is 4.93. The van der Waals surface area contributed by atoms with Crippen LogP contribution in [0.3, 0.4) is 0 Å². The second-order valence-electron chi connectivity index (χ2n) is 7.10. The van der Waals surface area contributed by atoms with Crippen LogP contribution in [0.15, 0.2) is 53.1 Å². The molecule has 1 atom stereocenters. The Balaban J connectivity index is 1.80. The SMILES string of the molecule is CCCN(C(=O)c1cc(-c2ccco2)nc2ccccc12)C1CCS(=O)(=O)C1. The quantitative estimate of drug-likeness (QED) is 0.657. The molecule has 3 aromatic rings. The molecule has 0 spiro atoms. The molecule has 146 valence electrons. The Hall–Kier alpha value is -2.67. The number of amides is 1. The molecule has 0 bridgehead atoms. The molecular weight excluding hydrogens is 376 g/mol. The molecule has 28 heavy (non-hydrogen) atoms. The van der Waals surface area contributed by atoms with Gasteiger partial charge < -0.3 is 9.32 Å². The number of furan rings is 1. The van der Waals surface area contributed by atoms with Crippen LogP contribution in [0, 0.1) is 0 Å². The molecule has 0 aliphatic carbocycles. The van der Waals surface area contributed by atoms with E-state index in [9.17, 15) is 13.2 Å². The summed E-state index contributed by atoms with van der Waals surface area (Å²) in [6.07, 6.45) is 2.82. The molecule has 4 rings (SSSR count). The van der Waals surface area contributed by atoms with Gasteiger partial charge in [-0.25, -0.2) is 13.4 Å². The third-order valence-corrected chi connectivity index (χ3v) is 6.85. The smallest absolute Gasteiger partial charge is 0.254 e. The Morgan fingerprint density at radius 1 is 1.25 bits per heavy atom. The number of carbonyl (C=O) groups is 1. The predicted octanol–water partition coefficient (Wildman–Crippen LogP) is 3.53. The fraction of sp³-hybridized carbons (Fsp3) is 0.333.